The number of nitrogens with one attached hydrogen (secondary N) is 1. The second-order valence-electron chi connectivity index (χ2n) is 3.98. The van der Waals surface area contributed by atoms with E-state index in [1.54, 1.807) is 36.4 Å². The van der Waals surface area contributed by atoms with Gasteiger partial charge in [-0.1, -0.05) is 17.7 Å². The Balaban J connectivity index is 2.41. The lowest BCUT2D eigenvalue weighted by molar-refractivity contribution is 0.0688. The first kappa shape index (κ1) is 14.7. The largest absolute Gasteiger partial charge is 0.476 e. The normalized spacial score (nSPS) is 11.3. The van der Waals surface area contributed by atoms with Crippen LogP contribution in [0.4, 0.5) is 0 Å². The molecular formula is C15H11ClN2O3. The number of hydrogen-bond acceptors (Lipinski definition) is 4. The zero-order chi connectivity index (χ0) is 15.2. The average Bonchev–Trinajstić information content (AvgIpc) is 2.46. The van der Waals surface area contributed by atoms with Crippen LogP contribution in [0.1, 0.15) is 10.5 Å². The number of rotatable bonds is 5. The lowest BCUT2D eigenvalue weighted by Gasteiger charge is -2.06. The number of allylic oxidation sites excluding steroid dienone is 3. The van der Waals surface area contributed by atoms with Gasteiger partial charge in [-0.05, 0) is 36.4 Å². The smallest absolute Gasteiger partial charge is 0.358 e. The van der Waals surface area contributed by atoms with E-state index in [1.807, 2.05) is 0 Å². The Hall–Kier alpha value is -2.66. The third kappa shape index (κ3) is 3.67. The Kier molecular flexibility index (Phi) is 4.68. The molecule has 0 saturated carbocycles. The van der Waals surface area contributed by atoms with E-state index in [-0.39, 0.29) is 11.4 Å². The summed E-state index contributed by atoms with van der Waals surface area (Å²) in [6, 6.07) is 6.55. The maximum absolute atomic E-state index is 11.2. The van der Waals surface area contributed by atoms with Gasteiger partial charge in [0.05, 0.1) is 11.8 Å². The van der Waals surface area contributed by atoms with Crippen LogP contribution in [0, 0.1) is 5.41 Å². The average molecular weight is 303 g/mol. The number of aromatic nitrogens is 1. The highest BCUT2D eigenvalue weighted by Crippen LogP contribution is 2.25. The number of nitrogens with zero attached hydrogens (tertiary/aromatic N) is 1. The van der Waals surface area contributed by atoms with Gasteiger partial charge in [0.25, 0.3) is 0 Å². The number of aromatic carboxylic acids is 1. The van der Waals surface area contributed by atoms with E-state index in [0.29, 0.717) is 15.9 Å². The number of hydrogen-bond donors (Lipinski definition) is 2. The van der Waals surface area contributed by atoms with Crippen molar-refractivity contribution in [3.63, 3.8) is 0 Å². The lowest BCUT2D eigenvalue weighted by Crippen LogP contribution is -2.03. The van der Waals surface area contributed by atoms with Crippen LogP contribution in [0.3, 0.4) is 0 Å². The second kappa shape index (κ2) is 6.67. The van der Waals surface area contributed by atoms with E-state index in [2.05, 4.69) is 4.98 Å². The molecule has 2 rings (SSSR count). The number of carboxylic acid groups (broad SMARTS) is 1. The highest BCUT2D eigenvalue weighted by molar-refractivity contribution is 6.31. The molecule has 106 valence electrons. The summed E-state index contributed by atoms with van der Waals surface area (Å²) < 4.78 is 5.30. The van der Waals surface area contributed by atoms with Crippen molar-refractivity contribution in [2.45, 2.75) is 0 Å². The van der Waals surface area contributed by atoms with Crippen molar-refractivity contribution in [1.29, 1.82) is 5.41 Å². The Bertz CT molecular complexity index is 754. The van der Waals surface area contributed by atoms with E-state index in [4.69, 9.17) is 21.7 Å². The molecule has 0 spiro atoms. The van der Waals surface area contributed by atoms with Crippen LogP contribution in [0.25, 0.3) is 10.9 Å². The summed E-state index contributed by atoms with van der Waals surface area (Å²) in [5.74, 6) is -1.05. The summed E-state index contributed by atoms with van der Waals surface area (Å²) >= 11 is 5.91. The molecule has 0 fully saturated rings. The van der Waals surface area contributed by atoms with Crippen LogP contribution < -0.4 is 4.74 Å². The van der Waals surface area contributed by atoms with E-state index < -0.39 is 5.97 Å². The molecule has 0 aliphatic rings. The van der Waals surface area contributed by atoms with Gasteiger partial charge in [-0.2, -0.15) is 0 Å². The number of benzene rings is 1. The van der Waals surface area contributed by atoms with Crippen molar-refractivity contribution in [2.24, 2.45) is 0 Å². The van der Waals surface area contributed by atoms with E-state index in [0.717, 1.165) is 6.21 Å². The zero-order valence-electron chi connectivity index (χ0n) is 10.8. The molecule has 1 heterocycles. The van der Waals surface area contributed by atoms with E-state index in [9.17, 15) is 9.90 Å². The fourth-order valence-corrected chi connectivity index (χ4v) is 1.83. The van der Waals surface area contributed by atoms with Gasteiger partial charge in [0.15, 0.2) is 11.4 Å². The predicted molar refractivity (Wildman–Crippen MR) is 81.4 cm³/mol. The summed E-state index contributed by atoms with van der Waals surface area (Å²) in [7, 11) is 0. The minimum atomic E-state index is -1.18. The van der Waals surface area contributed by atoms with Crippen molar-refractivity contribution in [3.8, 4) is 5.75 Å². The quantitative estimate of drug-likeness (QED) is 0.501. The highest BCUT2D eigenvalue weighted by Gasteiger charge is 2.14. The third-order valence-corrected chi connectivity index (χ3v) is 2.77. The zero-order valence-corrected chi connectivity index (χ0v) is 11.5. The fraction of sp³-hybridized carbons (Fsp3) is 0. The molecule has 1 aromatic heterocycles. The van der Waals surface area contributed by atoms with E-state index >= 15 is 0 Å². The van der Waals surface area contributed by atoms with Gasteiger partial charge >= 0.3 is 5.97 Å². The number of carbonyl (C=O) groups is 1. The first-order valence-corrected chi connectivity index (χ1v) is 6.32. The van der Waals surface area contributed by atoms with Crippen LogP contribution in [-0.4, -0.2) is 22.3 Å². The molecule has 0 radical (unpaired) electrons. The molecule has 0 aliphatic carbocycles. The molecule has 5 nitrogen and oxygen atoms in total. The van der Waals surface area contributed by atoms with Gasteiger partial charge in [0.1, 0.15) is 0 Å². The van der Waals surface area contributed by atoms with Gasteiger partial charge in [-0.15, -0.1) is 0 Å². The number of fused-ring (bicyclic) bond motifs is 1. The van der Waals surface area contributed by atoms with Crippen molar-refractivity contribution >= 4 is 34.7 Å². The SMILES string of the molecule is N=C/C=C\C=C/Oc1cc2cc(Cl)ccc2nc1C(=O)O. The molecule has 0 aliphatic heterocycles. The molecule has 21 heavy (non-hydrogen) atoms. The summed E-state index contributed by atoms with van der Waals surface area (Å²) in [5.41, 5.74) is 0.349. The Morgan fingerprint density at radius 3 is 2.81 bits per heavy atom. The molecule has 0 atom stereocenters. The second-order valence-corrected chi connectivity index (χ2v) is 4.41. The third-order valence-electron chi connectivity index (χ3n) is 2.54. The lowest BCUT2D eigenvalue weighted by atomic mass is 10.2. The van der Waals surface area contributed by atoms with Crippen molar-refractivity contribution in [3.05, 3.63) is 59.5 Å². The molecule has 0 saturated heterocycles. The maximum Gasteiger partial charge on any atom is 0.358 e. The van der Waals surface area contributed by atoms with Crippen LogP contribution in [-0.2, 0) is 0 Å². The molecule has 0 amide bonds. The van der Waals surface area contributed by atoms with Gasteiger partial charge in [-0.25, -0.2) is 9.78 Å². The summed E-state index contributed by atoms with van der Waals surface area (Å²) in [6.45, 7) is 0. The number of halogens is 1. The summed E-state index contributed by atoms with van der Waals surface area (Å²) in [5, 5.41) is 17.2. The van der Waals surface area contributed by atoms with Crippen LogP contribution in [0.2, 0.25) is 5.02 Å². The fourth-order valence-electron chi connectivity index (χ4n) is 1.65. The first-order chi connectivity index (χ1) is 10.1. The van der Waals surface area contributed by atoms with Crippen molar-refractivity contribution < 1.29 is 14.6 Å². The molecular weight excluding hydrogens is 292 g/mol. The van der Waals surface area contributed by atoms with E-state index in [1.165, 1.54) is 12.3 Å². The maximum atomic E-state index is 11.2. The summed E-state index contributed by atoms with van der Waals surface area (Å²) in [6.07, 6.45) is 7.06. The Morgan fingerprint density at radius 2 is 2.10 bits per heavy atom. The number of pyridine rings is 1. The standard InChI is InChI=1S/C15H11ClN2O3/c16-11-4-5-12-10(8-11)9-13(14(18-12)15(19)20)21-7-3-1-2-6-17/h1-9,17H,(H,19,20)/b2-1-,7-3-,17-6?. The molecule has 1 aromatic carbocycles. The van der Waals surface area contributed by atoms with Crippen LogP contribution >= 0.6 is 11.6 Å². The van der Waals surface area contributed by atoms with Crippen molar-refractivity contribution in [1.82, 2.24) is 4.98 Å². The minimum absolute atomic E-state index is 0.122. The first-order valence-electron chi connectivity index (χ1n) is 5.94. The number of ether oxygens (including phenoxy) is 1. The summed E-state index contributed by atoms with van der Waals surface area (Å²) in [4.78, 5) is 15.3. The van der Waals surface area contributed by atoms with Gasteiger partial charge in [0.2, 0.25) is 0 Å². The van der Waals surface area contributed by atoms with Gasteiger partial charge in [0, 0.05) is 16.6 Å². The monoisotopic (exact) mass is 302 g/mol. The minimum Gasteiger partial charge on any atom is -0.476 e. The van der Waals surface area contributed by atoms with Crippen molar-refractivity contribution in [2.75, 3.05) is 0 Å². The molecule has 2 aromatic rings. The predicted octanol–water partition coefficient (Wildman–Crippen LogP) is 3.68. The van der Waals surface area contributed by atoms with Gasteiger partial charge in [-0.3, -0.25) is 0 Å². The van der Waals surface area contributed by atoms with Gasteiger partial charge < -0.3 is 15.3 Å². The highest BCUT2D eigenvalue weighted by atomic mass is 35.5. The number of carboxylic acids is 1. The molecule has 0 bridgehead atoms. The molecule has 2 N–H and O–H groups in total. The molecule has 0 unspecified atom stereocenters. The topological polar surface area (TPSA) is 83.3 Å². The van der Waals surface area contributed by atoms with Crippen LogP contribution in [0.15, 0.2) is 48.8 Å². The molecule has 6 heteroatoms. The van der Waals surface area contributed by atoms with Crippen LogP contribution in [0.5, 0.6) is 5.75 Å². The Labute approximate surface area is 125 Å². The Morgan fingerprint density at radius 1 is 1.29 bits per heavy atom.